The fourth-order valence-corrected chi connectivity index (χ4v) is 2.44. The maximum atomic E-state index is 12.2. The van der Waals surface area contributed by atoms with Crippen molar-refractivity contribution < 1.29 is 4.79 Å². The molecule has 2 N–H and O–H groups in total. The van der Waals surface area contributed by atoms with Crippen LogP contribution < -0.4 is 5.73 Å². The van der Waals surface area contributed by atoms with Crippen LogP contribution in [0.4, 0.5) is 0 Å². The minimum Gasteiger partial charge on any atom is -0.328 e. The van der Waals surface area contributed by atoms with Crippen molar-refractivity contribution in [2.75, 3.05) is 0 Å². The molecule has 2 unspecified atom stereocenters. The first-order valence-electron chi connectivity index (χ1n) is 5.72. The molecule has 1 aliphatic carbocycles. The van der Waals surface area contributed by atoms with E-state index in [9.17, 15) is 4.79 Å². The maximum absolute atomic E-state index is 12.2. The summed E-state index contributed by atoms with van der Waals surface area (Å²) in [7, 11) is 0. The zero-order valence-electron chi connectivity index (χ0n) is 9.16. The quantitative estimate of drug-likeness (QED) is 0.804. The summed E-state index contributed by atoms with van der Waals surface area (Å²) in [5.74, 6) is 0.316. The van der Waals surface area contributed by atoms with E-state index in [4.69, 9.17) is 17.3 Å². The van der Waals surface area contributed by atoms with Crippen molar-refractivity contribution in [1.82, 2.24) is 0 Å². The van der Waals surface area contributed by atoms with E-state index >= 15 is 0 Å². The molecule has 2 rings (SSSR count). The fraction of sp³-hybridized carbons (Fsp3) is 0.462. The number of rotatable bonds is 2. The zero-order valence-corrected chi connectivity index (χ0v) is 9.91. The lowest BCUT2D eigenvalue weighted by atomic mass is 9.81. The Hall–Kier alpha value is -0.860. The summed E-state index contributed by atoms with van der Waals surface area (Å²) < 4.78 is 0. The van der Waals surface area contributed by atoms with Crippen molar-refractivity contribution in [3.05, 3.63) is 34.9 Å². The second kappa shape index (κ2) is 4.98. The Morgan fingerprint density at radius 2 is 1.94 bits per heavy atom. The second-order valence-electron chi connectivity index (χ2n) is 4.49. The number of nitrogens with two attached hydrogens (primary N) is 1. The third kappa shape index (κ3) is 2.63. The van der Waals surface area contributed by atoms with Gasteiger partial charge in [-0.2, -0.15) is 0 Å². The Morgan fingerprint density at radius 3 is 2.56 bits per heavy atom. The molecule has 0 spiro atoms. The number of ketones is 1. The van der Waals surface area contributed by atoms with Gasteiger partial charge in [0.2, 0.25) is 0 Å². The molecular weight excluding hydrogens is 222 g/mol. The van der Waals surface area contributed by atoms with Gasteiger partial charge in [0.15, 0.2) is 5.78 Å². The predicted octanol–water partition coefficient (Wildman–Crippen LogP) is 3.04. The Kier molecular flexibility index (Phi) is 3.62. The SMILES string of the molecule is NC1CCCC(C(=O)c2ccc(Cl)cc2)C1. The highest BCUT2D eigenvalue weighted by molar-refractivity contribution is 6.30. The smallest absolute Gasteiger partial charge is 0.166 e. The van der Waals surface area contributed by atoms with E-state index < -0.39 is 0 Å². The van der Waals surface area contributed by atoms with E-state index in [2.05, 4.69) is 0 Å². The third-order valence-corrected chi connectivity index (χ3v) is 3.47. The van der Waals surface area contributed by atoms with Crippen LogP contribution in [0, 0.1) is 5.92 Å². The van der Waals surface area contributed by atoms with E-state index in [1.54, 1.807) is 24.3 Å². The minimum atomic E-state index is 0.102. The molecule has 0 aliphatic heterocycles. The van der Waals surface area contributed by atoms with Crippen molar-refractivity contribution in [2.24, 2.45) is 11.7 Å². The Bertz CT molecular complexity index is 374. The first-order chi connectivity index (χ1) is 7.66. The van der Waals surface area contributed by atoms with Crippen molar-refractivity contribution in [3.8, 4) is 0 Å². The molecule has 1 saturated carbocycles. The van der Waals surface area contributed by atoms with Gasteiger partial charge in [0.1, 0.15) is 0 Å². The lowest BCUT2D eigenvalue weighted by Crippen LogP contribution is -2.31. The summed E-state index contributed by atoms with van der Waals surface area (Å²) in [6.07, 6.45) is 3.90. The lowest BCUT2D eigenvalue weighted by Gasteiger charge is -2.25. The number of hydrogen-bond acceptors (Lipinski definition) is 2. The largest absolute Gasteiger partial charge is 0.328 e. The maximum Gasteiger partial charge on any atom is 0.166 e. The van der Waals surface area contributed by atoms with Gasteiger partial charge in [-0.3, -0.25) is 4.79 Å². The molecule has 0 saturated heterocycles. The molecule has 1 aromatic carbocycles. The molecule has 1 fully saturated rings. The molecule has 0 bridgehead atoms. The number of halogens is 1. The van der Waals surface area contributed by atoms with E-state index in [1.165, 1.54) is 0 Å². The van der Waals surface area contributed by atoms with Crippen LogP contribution in [-0.2, 0) is 0 Å². The van der Waals surface area contributed by atoms with Gasteiger partial charge in [0.05, 0.1) is 0 Å². The summed E-state index contributed by atoms with van der Waals surface area (Å²) >= 11 is 5.79. The fourth-order valence-electron chi connectivity index (χ4n) is 2.32. The number of hydrogen-bond donors (Lipinski definition) is 1. The van der Waals surface area contributed by atoms with Gasteiger partial charge in [-0.05, 0) is 43.5 Å². The van der Waals surface area contributed by atoms with Gasteiger partial charge in [-0.15, -0.1) is 0 Å². The molecule has 0 radical (unpaired) electrons. The molecule has 2 atom stereocenters. The summed E-state index contributed by atoms with van der Waals surface area (Å²) in [5, 5.41) is 0.664. The van der Waals surface area contributed by atoms with Crippen LogP contribution in [0.25, 0.3) is 0 Å². The Morgan fingerprint density at radius 1 is 1.25 bits per heavy atom. The lowest BCUT2D eigenvalue weighted by molar-refractivity contribution is 0.0881. The monoisotopic (exact) mass is 237 g/mol. The molecule has 3 heteroatoms. The minimum absolute atomic E-state index is 0.102. The van der Waals surface area contributed by atoms with E-state index in [0.29, 0.717) is 5.02 Å². The van der Waals surface area contributed by atoms with Crippen molar-refractivity contribution in [2.45, 2.75) is 31.7 Å². The van der Waals surface area contributed by atoms with Crippen LogP contribution in [0.2, 0.25) is 5.02 Å². The first-order valence-corrected chi connectivity index (χ1v) is 6.10. The summed E-state index contributed by atoms with van der Waals surface area (Å²) in [5.41, 5.74) is 6.65. The van der Waals surface area contributed by atoms with Gasteiger partial charge >= 0.3 is 0 Å². The van der Waals surface area contributed by atoms with Crippen LogP contribution >= 0.6 is 11.6 Å². The van der Waals surface area contributed by atoms with Gasteiger partial charge in [0.25, 0.3) is 0 Å². The number of carbonyl (C=O) groups excluding carboxylic acids is 1. The predicted molar refractivity (Wildman–Crippen MR) is 65.7 cm³/mol. The zero-order chi connectivity index (χ0) is 11.5. The first kappa shape index (κ1) is 11.6. The number of carbonyl (C=O) groups is 1. The highest BCUT2D eigenvalue weighted by atomic mass is 35.5. The van der Waals surface area contributed by atoms with Crippen molar-refractivity contribution in [3.63, 3.8) is 0 Å². The second-order valence-corrected chi connectivity index (χ2v) is 4.93. The van der Waals surface area contributed by atoms with Crippen LogP contribution in [-0.4, -0.2) is 11.8 Å². The molecule has 0 amide bonds. The van der Waals surface area contributed by atoms with Gasteiger partial charge in [0, 0.05) is 22.5 Å². The van der Waals surface area contributed by atoms with Crippen molar-refractivity contribution >= 4 is 17.4 Å². The molecule has 1 aromatic rings. The van der Waals surface area contributed by atoms with Gasteiger partial charge < -0.3 is 5.73 Å². The molecule has 1 aliphatic rings. The van der Waals surface area contributed by atoms with E-state index in [0.717, 1.165) is 31.2 Å². The number of benzene rings is 1. The standard InChI is InChI=1S/C13H16ClNO/c14-11-6-4-9(5-7-11)13(16)10-2-1-3-12(15)8-10/h4-7,10,12H,1-3,8,15H2. The Balaban J connectivity index is 2.09. The van der Waals surface area contributed by atoms with E-state index in [-0.39, 0.29) is 17.7 Å². The molecule has 86 valence electrons. The van der Waals surface area contributed by atoms with Crippen LogP contribution in [0.3, 0.4) is 0 Å². The van der Waals surface area contributed by atoms with Gasteiger partial charge in [-0.1, -0.05) is 18.0 Å². The molecule has 2 nitrogen and oxygen atoms in total. The third-order valence-electron chi connectivity index (χ3n) is 3.21. The average Bonchev–Trinajstić information content (AvgIpc) is 2.29. The summed E-state index contributed by atoms with van der Waals surface area (Å²) in [4.78, 5) is 12.2. The molecule has 16 heavy (non-hydrogen) atoms. The molecule has 0 heterocycles. The van der Waals surface area contributed by atoms with Gasteiger partial charge in [-0.25, -0.2) is 0 Å². The topological polar surface area (TPSA) is 43.1 Å². The highest BCUT2D eigenvalue weighted by Crippen LogP contribution is 2.26. The highest BCUT2D eigenvalue weighted by Gasteiger charge is 2.25. The number of Topliss-reactive ketones (excluding diaryl/α,β-unsaturated/α-hetero) is 1. The van der Waals surface area contributed by atoms with E-state index in [1.807, 2.05) is 0 Å². The van der Waals surface area contributed by atoms with Crippen LogP contribution in [0.1, 0.15) is 36.0 Å². The summed E-state index contributed by atoms with van der Waals surface area (Å²) in [6.45, 7) is 0. The summed E-state index contributed by atoms with van der Waals surface area (Å²) in [6, 6.07) is 7.31. The van der Waals surface area contributed by atoms with Crippen LogP contribution in [0.15, 0.2) is 24.3 Å². The normalized spacial score (nSPS) is 25.4. The Labute approximate surface area is 101 Å². The molecule has 0 aromatic heterocycles. The average molecular weight is 238 g/mol. The van der Waals surface area contributed by atoms with Crippen molar-refractivity contribution in [1.29, 1.82) is 0 Å². The van der Waals surface area contributed by atoms with Crippen LogP contribution in [0.5, 0.6) is 0 Å². The molecular formula is C13H16ClNO.